The van der Waals surface area contributed by atoms with Gasteiger partial charge in [-0.25, -0.2) is 4.98 Å². The Hall–Kier alpha value is -1.25. The minimum Gasteiger partial charge on any atom is -0.364 e. The van der Waals surface area contributed by atoms with E-state index in [0.29, 0.717) is 5.15 Å². The van der Waals surface area contributed by atoms with Crippen LogP contribution in [-0.2, 0) is 0 Å². The third-order valence-electron chi connectivity index (χ3n) is 2.59. The van der Waals surface area contributed by atoms with E-state index in [9.17, 15) is 0 Å². The number of alkyl halides is 1. The zero-order valence-electron chi connectivity index (χ0n) is 8.24. The Kier molecular flexibility index (Phi) is 2.27. The molecule has 0 spiro atoms. The number of hydrogen-bond acceptors (Lipinski definition) is 2. The van der Waals surface area contributed by atoms with E-state index in [-0.39, 0.29) is 5.50 Å². The van der Waals surface area contributed by atoms with Gasteiger partial charge in [0, 0.05) is 5.39 Å². The molecule has 1 aliphatic rings. The Bertz CT molecular complexity index is 593. The molecule has 0 aliphatic carbocycles. The monoisotopic (exact) mass is 250 g/mol. The van der Waals surface area contributed by atoms with E-state index in [0.717, 1.165) is 22.2 Å². The van der Waals surface area contributed by atoms with Crippen LogP contribution in [0.5, 0.6) is 0 Å². The van der Waals surface area contributed by atoms with Gasteiger partial charge in [-0.15, -0.1) is 0 Å². The molecule has 0 bridgehead atoms. The first-order chi connectivity index (χ1) is 7.74. The fraction of sp³-hybridized carbons (Fsp3) is 0.0833. The lowest BCUT2D eigenvalue weighted by Gasteiger charge is -2.18. The normalized spacial score (nSPS) is 18.2. The van der Waals surface area contributed by atoms with Crippen molar-refractivity contribution >= 4 is 45.9 Å². The molecule has 1 N–H and O–H groups in total. The summed E-state index contributed by atoms with van der Waals surface area (Å²) in [5.74, 6) is 0. The highest BCUT2D eigenvalue weighted by molar-refractivity contribution is 6.30. The molecular weight excluding hydrogens is 243 g/mol. The van der Waals surface area contributed by atoms with E-state index in [4.69, 9.17) is 23.2 Å². The number of hydrogen-bond donors (Lipinski definition) is 1. The topological polar surface area (TPSA) is 24.9 Å². The second-order valence-electron chi connectivity index (χ2n) is 3.64. The van der Waals surface area contributed by atoms with Crippen LogP contribution in [0.25, 0.3) is 17.0 Å². The summed E-state index contributed by atoms with van der Waals surface area (Å²) in [7, 11) is 0. The number of aromatic nitrogens is 1. The first kappa shape index (κ1) is 9.94. The smallest absolute Gasteiger partial charge is 0.129 e. The molecule has 0 radical (unpaired) electrons. The van der Waals surface area contributed by atoms with E-state index >= 15 is 0 Å². The van der Waals surface area contributed by atoms with Crippen molar-refractivity contribution in [2.24, 2.45) is 0 Å². The number of pyridine rings is 1. The summed E-state index contributed by atoms with van der Waals surface area (Å²) >= 11 is 11.9. The molecule has 80 valence electrons. The number of nitrogens with one attached hydrogen (secondary N) is 1. The molecule has 2 aromatic rings. The first-order valence-corrected chi connectivity index (χ1v) is 5.73. The summed E-state index contributed by atoms with van der Waals surface area (Å²) in [5, 5.41) is 4.73. The maximum atomic E-state index is 6.03. The number of rotatable bonds is 0. The molecule has 0 saturated heterocycles. The fourth-order valence-corrected chi connectivity index (χ4v) is 2.17. The Morgan fingerprint density at radius 2 is 2.00 bits per heavy atom. The van der Waals surface area contributed by atoms with Crippen LogP contribution in [0.15, 0.2) is 30.3 Å². The highest BCUT2D eigenvalue weighted by atomic mass is 35.5. The molecule has 4 heteroatoms. The molecule has 1 atom stereocenters. The SMILES string of the molecule is Clc1ccc2ccc3c(c2n1)NC(Cl)C=C3. The lowest BCUT2D eigenvalue weighted by molar-refractivity contribution is 1.22. The van der Waals surface area contributed by atoms with Gasteiger partial charge >= 0.3 is 0 Å². The minimum absolute atomic E-state index is 0.195. The summed E-state index contributed by atoms with van der Waals surface area (Å²) in [6.45, 7) is 0. The molecule has 1 aliphatic heterocycles. The van der Waals surface area contributed by atoms with Crippen molar-refractivity contribution in [3.8, 4) is 0 Å². The largest absolute Gasteiger partial charge is 0.364 e. The summed E-state index contributed by atoms with van der Waals surface area (Å²) in [6, 6.07) is 7.80. The van der Waals surface area contributed by atoms with Crippen molar-refractivity contribution < 1.29 is 0 Å². The molecule has 1 aromatic carbocycles. The lowest BCUT2D eigenvalue weighted by Crippen LogP contribution is -2.13. The van der Waals surface area contributed by atoms with Crippen LogP contribution in [-0.4, -0.2) is 10.5 Å². The van der Waals surface area contributed by atoms with Gasteiger partial charge in [-0.1, -0.05) is 41.4 Å². The zero-order chi connectivity index (χ0) is 11.1. The molecular formula is C12H8Cl2N2. The summed E-state index contributed by atoms with van der Waals surface area (Å²) in [5.41, 5.74) is 2.69. The second-order valence-corrected chi connectivity index (χ2v) is 4.50. The number of nitrogens with zero attached hydrogens (tertiary/aromatic N) is 1. The van der Waals surface area contributed by atoms with Gasteiger partial charge in [0.25, 0.3) is 0 Å². The molecule has 2 nitrogen and oxygen atoms in total. The van der Waals surface area contributed by atoms with Crippen LogP contribution >= 0.6 is 23.2 Å². The number of benzene rings is 1. The highest BCUT2D eigenvalue weighted by Crippen LogP contribution is 2.32. The third-order valence-corrected chi connectivity index (χ3v) is 3.05. The predicted molar refractivity (Wildman–Crippen MR) is 69.1 cm³/mol. The van der Waals surface area contributed by atoms with Crippen molar-refractivity contribution in [1.29, 1.82) is 0 Å². The fourth-order valence-electron chi connectivity index (χ4n) is 1.85. The molecule has 0 fully saturated rings. The number of fused-ring (bicyclic) bond motifs is 3. The summed E-state index contributed by atoms with van der Waals surface area (Å²) in [4.78, 5) is 4.33. The molecule has 3 rings (SSSR count). The molecule has 1 aromatic heterocycles. The van der Waals surface area contributed by atoms with Gasteiger partial charge in [0.1, 0.15) is 10.7 Å². The van der Waals surface area contributed by atoms with Gasteiger partial charge < -0.3 is 5.32 Å². The van der Waals surface area contributed by atoms with Crippen LogP contribution in [0.4, 0.5) is 5.69 Å². The van der Waals surface area contributed by atoms with Gasteiger partial charge in [0.05, 0.1) is 11.2 Å². The zero-order valence-corrected chi connectivity index (χ0v) is 9.76. The Morgan fingerprint density at radius 1 is 1.19 bits per heavy atom. The van der Waals surface area contributed by atoms with E-state index in [1.807, 2.05) is 30.4 Å². The van der Waals surface area contributed by atoms with Crippen LogP contribution in [0.3, 0.4) is 0 Å². The van der Waals surface area contributed by atoms with Crippen LogP contribution < -0.4 is 5.32 Å². The van der Waals surface area contributed by atoms with Crippen LogP contribution in [0.2, 0.25) is 5.15 Å². The second kappa shape index (κ2) is 3.65. The molecule has 1 unspecified atom stereocenters. The Labute approximate surface area is 103 Å². The summed E-state index contributed by atoms with van der Waals surface area (Å²) < 4.78 is 0. The molecule has 2 heterocycles. The minimum atomic E-state index is -0.195. The molecule has 16 heavy (non-hydrogen) atoms. The van der Waals surface area contributed by atoms with Crippen LogP contribution in [0, 0.1) is 0 Å². The van der Waals surface area contributed by atoms with Gasteiger partial charge in [-0.05, 0) is 23.8 Å². The number of anilines is 1. The van der Waals surface area contributed by atoms with E-state index < -0.39 is 0 Å². The standard InChI is InChI=1S/C12H8Cl2N2/c13-9-5-3-7-1-2-8-4-6-10(14)16-12(8)11(7)15-9/h1-6,9,15H. The van der Waals surface area contributed by atoms with Crippen molar-refractivity contribution in [1.82, 2.24) is 4.98 Å². The van der Waals surface area contributed by atoms with Crippen molar-refractivity contribution in [2.45, 2.75) is 5.50 Å². The highest BCUT2D eigenvalue weighted by Gasteiger charge is 2.14. The third kappa shape index (κ3) is 1.55. The van der Waals surface area contributed by atoms with E-state index in [2.05, 4.69) is 10.3 Å². The average molecular weight is 251 g/mol. The van der Waals surface area contributed by atoms with Gasteiger partial charge in [0.2, 0.25) is 0 Å². The van der Waals surface area contributed by atoms with Gasteiger partial charge in [0.15, 0.2) is 0 Å². The maximum absolute atomic E-state index is 6.03. The summed E-state index contributed by atoms with van der Waals surface area (Å²) in [6.07, 6.45) is 3.89. The van der Waals surface area contributed by atoms with Crippen molar-refractivity contribution in [2.75, 3.05) is 5.32 Å². The number of halogens is 2. The average Bonchev–Trinajstić information content (AvgIpc) is 2.29. The lowest BCUT2D eigenvalue weighted by atomic mass is 10.1. The predicted octanol–water partition coefficient (Wildman–Crippen LogP) is 3.89. The van der Waals surface area contributed by atoms with Crippen molar-refractivity contribution in [3.05, 3.63) is 41.1 Å². The van der Waals surface area contributed by atoms with Crippen LogP contribution in [0.1, 0.15) is 5.56 Å². The Morgan fingerprint density at radius 3 is 2.88 bits per heavy atom. The quantitative estimate of drug-likeness (QED) is 0.436. The molecule has 0 amide bonds. The molecule has 0 saturated carbocycles. The van der Waals surface area contributed by atoms with Gasteiger partial charge in [-0.2, -0.15) is 0 Å². The first-order valence-electron chi connectivity index (χ1n) is 4.92. The maximum Gasteiger partial charge on any atom is 0.129 e. The Balaban J connectivity index is 2.34. The van der Waals surface area contributed by atoms with E-state index in [1.54, 1.807) is 6.07 Å². The van der Waals surface area contributed by atoms with E-state index in [1.165, 1.54) is 0 Å². The van der Waals surface area contributed by atoms with Gasteiger partial charge in [-0.3, -0.25) is 0 Å². The van der Waals surface area contributed by atoms with Crippen molar-refractivity contribution in [3.63, 3.8) is 0 Å².